The second-order valence-electron chi connectivity index (χ2n) is 3.57. The highest BCUT2D eigenvalue weighted by Gasteiger charge is 2.04. The molecule has 17 heavy (non-hydrogen) atoms. The second kappa shape index (κ2) is 5.12. The molecule has 86 valence electrons. The van der Waals surface area contributed by atoms with Crippen molar-refractivity contribution < 1.29 is 9.53 Å². The van der Waals surface area contributed by atoms with Gasteiger partial charge in [0, 0.05) is 11.9 Å². The van der Waals surface area contributed by atoms with Crippen LogP contribution in [0.3, 0.4) is 0 Å². The summed E-state index contributed by atoms with van der Waals surface area (Å²) in [5.41, 5.74) is 1.83. The number of aromatic nitrogens is 1. The molecule has 0 aliphatic carbocycles. The quantitative estimate of drug-likeness (QED) is 0.859. The Bertz CT molecular complexity index is 495. The Morgan fingerprint density at radius 1 is 1.24 bits per heavy atom. The fourth-order valence-electron chi connectivity index (χ4n) is 1.29. The Morgan fingerprint density at radius 2 is 2.00 bits per heavy atom. The third kappa shape index (κ3) is 3.31. The van der Waals surface area contributed by atoms with Gasteiger partial charge in [-0.2, -0.15) is 0 Å². The number of amides is 1. The maximum atomic E-state index is 11.5. The maximum Gasteiger partial charge on any atom is 0.417 e. The molecular weight excluding hydrogens is 216 g/mol. The van der Waals surface area contributed by atoms with Crippen molar-refractivity contribution in [3.8, 4) is 5.75 Å². The molecule has 0 atom stereocenters. The van der Waals surface area contributed by atoms with E-state index in [9.17, 15) is 4.79 Å². The van der Waals surface area contributed by atoms with Crippen molar-refractivity contribution in [3.63, 3.8) is 0 Å². The molecule has 0 spiro atoms. The zero-order valence-electron chi connectivity index (χ0n) is 9.38. The standard InChI is InChI=1S/C13H12N2O2/c1-10-4-6-11(7-5-10)15-13(16)17-12-3-2-8-14-9-12/h2-9H,1H3,(H,15,16). The van der Waals surface area contributed by atoms with Gasteiger partial charge in [-0.05, 0) is 31.2 Å². The molecule has 0 saturated heterocycles. The largest absolute Gasteiger partial charge is 0.417 e. The van der Waals surface area contributed by atoms with Crippen LogP contribution in [0.4, 0.5) is 10.5 Å². The number of nitrogens with one attached hydrogen (secondary N) is 1. The van der Waals surface area contributed by atoms with E-state index >= 15 is 0 Å². The van der Waals surface area contributed by atoms with Gasteiger partial charge in [-0.25, -0.2) is 4.79 Å². The van der Waals surface area contributed by atoms with Crippen LogP contribution in [0.25, 0.3) is 0 Å². The summed E-state index contributed by atoms with van der Waals surface area (Å²) in [5, 5.41) is 2.63. The number of benzene rings is 1. The van der Waals surface area contributed by atoms with E-state index in [1.54, 1.807) is 18.3 Å². The van der Waals surface area contributed by atoms with E-state index in [2.05, 4.69) is 10.3 Å². The zero-order chi connectivity index (χ0) is 12.1. The fourth-order valence-corrected chi connectivity index (χ4v) is 1.29. The Labute approximate surface area is 99.3 Å². The van der Waals surface area contributed by atoms with Gasteiger partial charge in [0.25, 0.3) is 0 Å². The number of aryl methyl sites for hydroxylation is 1. The Hall–Kier alpha value is -2.36. The van der Waals surface area contributed by atoms with Gasteiger partial charge in [-0.15, -0.1) is 0 Å². The van der Waals surface area contributed by atoms with E-state index in [-0.39, 0.29) is 0 Å². The number of rotatable bonds is 2. The summed E-state index contributed by atoms with van der Waals surface area (Å²) in [5.74, 6) is 0.414. The topological polar surface area (TPSA) is 51.2 Å². The van der Waals surface area contributed by atoms with Crippen molar-refractivity contribution >= 4 is 11.8 Å². The summed E-state index contributed by atoms with van der Waals surface area (Å²) in [6.45, 7) is 1.98. The van der Waals surface area contributed by atoms with Crippen molar-refractivity contribution in [2.75, 3.05) is 5.32 Å². The average molecular weight is 228 g/mol. The molecule has 4 heteroatoms. The summed E-state index contributed by atoms with van der Waals surface area (Å²) < 4.78 is 5.04. The van der Waals surface area contributed by atoms with Crippen molar-refractivity contribution in [2.45, 2.75) is 6.92 Å². The molecule has 1 heterocycles. The molecule has 0 unspecified atom stereocenters. The Balaban J connectivity index is 1.96. The predicted molar refractivity (Wildman–Crippen MR) is 65.1 cm³/mol. The Kier molecular flexibility index (Phi) is 3.35. The number of carbonyl (C=O) groups is 1. The first-order valence-corrected chi connectivity index (χ1v) is 5.19. The number of hydrogen-bond acceptors (Lipinski definition) is 3. The van der Waals surface area contributed by atoms with Crippen LogP contribution in [-0.4, -0.2) is 11.1 Å². The van der Waals surface area contributed by atoms with Crippen LogP contribution in [0.5, 0.6) is 5.75 Å². The van der Waals surface area contributed by atoms with Crippen LogP contribution in [0.1, 0.15) is 5.56 Å². The lowest BCUT2D eigenvalue weighted by Crippen LogP contribution is -2.16. The molecule has 1 amide bonds. The van der Waals surface area contributed by atoms with Crippen molar-refractivity contribution in [1.82, 2.24) is 4.98 Å². The maximum absolute atomic E-state index is 11.5. The van der Waals surface area contributed by atoms with Gasteiger partial charge in [0.1, 0.15) is 0 Å². The minimum Gasteiger partial charge on any atom is -0.408 e. The number of ether oxygens (including phenoxy) is 1. The predicted octanol–water partition coefficient (Wildman–Crippen LogP) is 3.00. The summed E-state index contributed by atoms with van der Waals surface area (Å²) in [7, 11) is 0. The van der Waals surface area contributed by atoms with E-state index in [0.717, 1.165) is 5.56 Å². The normalized spacial score (nSPS) is 9.71. The van der Waals surface area contributed by atoms with Crippen molar-refractivity contribution in [3.05, 3.63) is 54.4 Å². The third-order valence-corrected chi connectivity index (χ3v) is 2.14. The zero-order valence-corrected chi connectivity index (χ0v) is 9.38. The van der Waals surface area contributed by atoms with Gasteiger partial charge in [0.2, 0.25) is 0 Å². The van der Waals surface area contributed by atoms with Crippen LogP contribution < -0.4 is 10.1 Å². The van der Waals surface area contributed by atoms with Gasteiger partial charge in [0.15, 0.2) is 5.75 Å². The first kappa shape index (κ1) is 11.1. The summed E-state index contributed by atoms with van der Waals surface area (Å²) in [6, 6.07) is 10.8. The van der Waals surface area contributed by atoms with E-state index in [1.807, 2.05) is 31.2 Å². The fraction of sp³-hybridized carbons (Fsp3) is 0.0769. The highest BCUT2D eigenvalue weighted by atomic mass is 16.6. The van der Waals surface area contributed by atoms with Crippen molar-refractivity contribution in [2.24, 2.45) is 0 Å². The molecule has 0 bridgehead atoms. The Morgan fingerprint density at radius 3 is 2.65 bits per heavy atom. The number of anilines is 1. The number of hydrogen-bond donors (Lipinski definition) is 1. The molecule has 0 aliphatic rings. The molecule has 2 aromatic rings. The van der Waals surface area contributed by atoms with Crippen LogP contribution >= 0.6 is 0 Å². The SMILES string of the molecule is Cc1ccc(NC(=O)Oc2cccnc2)cc1. The first-order valence-electron chi connectivity index (χ1n) is 5.19. The molecule has 4 nitrogen and oxygen atoms in total. The van der Waals surface area contributed by atoms with E-state index in [1.165, 1.54) is 6.20 Å². The molecule has 0 fully saturated rings. The van der Waals surface area contributed by atoms with Gasteiger partial charge in [-0.1, -0.05) is 17.7 Å². The third-order valence-electron chi connectivity index (χ3n) is 2.14. The lowest BCUT2D eigenvalue weighted by atomic mass is 10.2. The molecule has 1 N–H and O–H groups in total. The molecular formula is C13H12N2O2. The van der Waals surface area contributed by atoms with Gasteiger partial charge < -0.3 is 4.74 Å². The van der Waals surface area contributed by atoms with E-state index in [0.29, 0.717) is 11.4 Å². The number of nitrogens with zero attached hydrogens (tertiary/aromatic N) is 1. The van der Waals surface area contributed by atoms with Crippen molar-refractivity contribution in [1.29, 1.82) is 0 Å². The van der Waals surface area contributed by atoms with Gasteiger partial charge >= 0.3 is 6.09 Å². The second-order valence-corrected chi connectivity index (χ2v) is 3.57. The molecule has 2 rings (SSSR count). The minimum absolute atomic E-state index is 0.414. The summed E-state index contributed by atoms with van der Waals surface area (Å²) in [4.78, 5) is 15.4. The lowest BCUT2D eigenvalue weighted by Gasteiger charge is -2.06. The summed E-state index contributed by atoms with van der Waals surface area (Å²) in [6.07, 6.45) is 2.57. The number of carbonyl (C=O) groups excluding carboxylic acids is 1. The highest BCUT2D eigenvalue weighted by Crippen LogP contribution is 2.11. The lowest BCUT2D eigenvalue weighted by molar-refractivity contribution is 0.215. The van der Waals surface area contributed by atoms with Crippen LogP contribution in [0.2, 0.25) is 0 Å². The van der Waals surface area contributed by atoms with Gasteiger partial charge in [0.05, 0.1) is 6.20 Å². The highest BCUT2D eigenvalue weighted by molar-refractivity contribution is 5.86. The minimum atomic E-state index is -0.526. The first-order chi connectivity index (χ1) is 8.24. The summed E-state index contributed by atoms with van der Waals surface area (Å²) >= 11 is 0. The van der Waals surface area contributed by atoms with Crippen LogP contribution in [-0.2, 0) is 0 Å². The molecule has 0 aliphatic heterocycles. The van der Waals surface area contributed by atoms with Crippen LogP contribution in [0, 0.1) is 6.92 Å². The number of pyridine rings is 1. The molecule has 0 radical (unpaired) electrons. The molecule has 0 saturated carbocycles. The van der Waals surface area contributed by atoms with Crippen LogP contribution in [0.15, 0.2) is 48.8 Å². The van der Waals surface area contributed by atoms with E-state index in [4.69, 9.17) is 4.74 Å². The monoisotopic (exact) mass is 228 g/mol. The average Bonchev–Trinajstić information content (AvgIpc) is 2.33. The smallest absolute Gasteiger partial charge is 0.408 e. The van der Waals surface area contributed by atoms with E-state index < -0.39 is 6.09 Å². The molecule has 1 aromatic carbocycles. The molecule has 1 aromatic heterocycles. The van der Waals surface area contributed by atoms with Gasteiger partial charge in [-0.3, -0.25) is 10.3 Å².